The minimum absolute atomic E-state index is 0.0259. The van der Waals surface area contributed by atoms with Crippen molar-refractivity contribution in [3.63, 3.8) is 0 Å². The molecule has 3 aromatic heterocycles. The van der Waals surface area contributed by atoms with E-state index in [0.717, 1.165) is 0 Å². The second-order valence-electron chi connectivity index (χ2n) is 6.85. The van der Waals surface area contributed by atoms with Crippen LogP contribution in [0.25, 0.3) is 16.6 Å². The highest BCUT2D eigenvalue weighted by Crippen LogP contribution is 2.26. The van der Waals surface area contributed by atoms with E-state index in [1.165, 1.54) is 10.8 Å². The number of rotatable bonds is 4. The Morgan fingerprint density at radius 1 is 1.16 bits per heavy atom. The Morgan fingerprint density at radius 3 is 2.62 bits per heavy atom. The second-order valence-corrected chi connectivity index (χ2v) is 7.26. The molecule has 1 aromatic carbocycles. The van der Waals surface area contributed by atoms with E-state index in [4.69, 9.17) is 28.8 Å². The molecule has 3 heterocycles. The third-order valence-electron chi connectivity index (χ3n) is 4.71. The first-order chi connectivity index (χ1) is 15.3. The second kappa shape index (κ2) is 8.01. The Bertz CT molecular complexity index is 1440. The molecule has 0 fully saturated rings. The molecule has 0 amide bonds. The molecule has 12 heteroatoms. The smallest absolute Gasteiger partial charge is 0.267 e. The number of pyridine rings is 1. The van der Waals surface area contributed by atoms with Crippen LogP contribution in [-0.4, -0.2) is 24.5 Å². The summed E-state index contributed by atoms with van der Waals surface area (Å²) in [4.78, 5) is 30.1. The third kappa shape index (κ3) is 3.59. The number of nitrogens with one attached hydrogen (secondary N) is 1. The standard InChI is InChI=1S/C20H17ClN10O/c1-9(27-17-11(7-22)16(24)29-20(25)30-17)18-28-13-4-2-3-12(21)15(13)19(32)31(18)10-5-6-14(23)26-8-10/h2-6,8-9H,1H3,(H2,23,26)(H5,24,25,27,29,30)/t9-/m0/s1. The van der Waals surface area contributed by atoms with Crippen LogP contribution in [-0.2, 0) is 0 Å². The number of halogens is 1. The number of hydrogen-bond acceptors (Lipinski definition) is 10. The molecule has 0 aliphatic heterocycles. The zero-order valence-electron chi connectivity index (χ0n) is 16.7. The molecule has 4 rings (SSSR count). The van der Waals surface area contributed by atoms with Crippen molar-refractivity contribution in [1.82, 2.24) is 24.5 Å². The van der Waals surface area contributed by atoms with Gasteiger partial charge in [0.2, 0.25) is 5.95 Å². The van der Waals surface area contributed by atoms with E-state index in [1.54, 1.807) is 37.3 Å². The van der Waals surface area contributed by atoms with E-state index in [9.17, 15) is 10.1 Å². The molecule has 0 bridgehead atoms. The molecule has 7 N–H and O–H groups in total. The lowest BCUT2D eigenvalue weighted by Crippen LogP contribution is -2.28. The fraction of sp³-hybridized carbons (Fsp3) is 0.100. The molecule has 0 saturated carbocycles. The van der Waals surface area contributed by atoms with Gasteiger partial charge >= 0.3 is 0 Å². The first-order valence-electron chi connectivity index (χ1n) is 9.33. The van der Waals surface area contributed by atoms with Crippen LogP contribution in [0.4, 0.5) is 23.4 Å². The summed E-state index contributed by atoms with van der Waals surface area (Å²) < 4.78 is 1.37. The number of nitrogen functional groups attached to an aromatic ring is 3. The Kier molecular flexibility index (Phi) is 5.21. The van der Waals surface area contributed by atoms with Crippen molar-refractivity contribution in [3.05, 3.63) is 63.3 Å². The fourth-order valence-electron chi connectivity index (χ4n) is 3.26. The van der Waals surface area contributed by atoms with Crippen molar-refractivity contribution < 1.29 is 0 Å². The van der Waals surface area contributed by atoms with Gasteiger partial charge in [-0.3, -0.25) is 9.36 Å². The molecule has 4 aromatic rings. The molecule has 0 spiro atoms. The Labute approximate surface area is 186 Å². The van der Waals surface area contributed by atoms with Crippen molar-refractivity contribution in [2.45, 2.75) is 13.0 Å². The number of aromatic nitrogens is 5. The van der Waals surface area contributed by atoms with Gasteiger partial charge in [-0.05, 0) is 31.2 Å². The first kappa shape index (κ1) is 20.8. The molecular formula is C20H17ClN10O. The van der Waals surface area contributed by atoms with Gasteiger partial charge in [-0.1, -0.05) is 17.7 Å². The zero-order chi connectivity index (χ0) is 23.0. The normalized spacial score (nSPS) is 11.8. The van der Waals surface area contributed by atoms with E-state index in [2.05, 4.69) is 25.3 Å². The van der Waals surface area contributed by atoms with E-state index in [-0.39, 0.29) is 33.6 Å². The summed E-state index contributed by atoms with van der Waals surface area (Å²) in [6.45, 7) is 1.75. The lowest BCUT2D eigenvalue weighted by molar-refractivity contribution is 0.729. The monoisotopic (exact) mass is 448 g/mol. The van der Waals surface area contributed by atoms with Gasteiger partial charge in [0.05, 0.1) is 33.9 Å². The van der Waals surface area contributed by atoms with Crippen LogP contribution in [0.15, 0.2) is 41.3 Å². The average molecular weight is 449 g/mol. The largest absolute Gasteiger partial charge is 0.384 e. The average Bonchev–Trinajstić information content (AvgIpc) is 2.74. The van der Waals surface area contributed by atoms with Crippen LogP contribution in [0.1, 0.15) is 24.4 Å². The molecule has 0 aliphatic carbocycles. The minimum Gasteiger partial charge on any atom is -0.384 e. The minimum atomic E-state index is -0.621. The van der Waals surface area contributed by atoms with Crippen molar-refractivity contribution in [2.75, 3.05) is 22.5 Å². The number of benzene rings is 1. The quantitative estimate of drug-likeness (QED) is 0.359. The van der Waals surface area contributed by atoms with Crippen molar-refractivity contribution in [1.29, 1.82) is 5.26 Å². The number of fused-ring (bicyclic) bond motifs is 1. The predicted molar refractivity (Wildman–Crippen MR) is 122 cm³/mol. The van der Waals surface area contributed by atoms with Gasteiger partial charge in [0.25, 0.3) is 5.56 Å². The van der Waals surface area contributed by atoms with Crippen molar-refractivity contribution in [2.24, 2.45) is 0 Å². The van der Waals surface area contributed by atoms with Crippen LogP contribution in [0.2, 0.25) is 5.02 Å². The molecule has 11 nitrogen and oxygen atoms in total. The summed E-state index contributed by atoms with van der Waals surface area (Å²) >= 11 is 6.30. The summed E-state index contributed by atoms with van der Waals surface area (Å²) in [5.74, 6) is 0.568. The number of hydrogen-bond donors (Lipinski definition) is 4. The zero-order valence-corrected chi connectivity index (χ0v) is 17.5. The fourth-order valence-corrected chi connectivity index (χ4v) is 3.51. The van der Waals surface area contributed by atoms with Gasteiger partial charge in [0.15, 0.2) is 5.82 Å². The Balaban J connectivity index is 1.94. The molecule has 32 heavy (non-hydrogen) atoms. The van der Waals surface area contributed by atoms with Gasteiger partial charge < -0.3 is 22.5 Å². The molecule has 0 saturated heterocycles. The van der Waals surface area contributed by atoms with E-state index < -0.39 is 11.6 Å². The van der Waals surface area contributed by atoms with Crippen LogP contribution in [0.3, 0.4) is 0 Å². The maximum Gasteiger partial charge on any atom is 0.267 e. The van der Waals surface area contributed by atoms with Crippen LogP contribution in [0.5, 0.6) is 0 Å². The third-order valence-corrected chi connectivity index (χ3v) is 5.02. The van der Waals surface area contributed by atoms with Crippen LogP contribution in [0, 0.1) is 11.3 Å². The van der Waals surface area contributed by atoms with Gasteiger partial charge in [0.1, 0.15) is 29.1 Å². The number of nitriles is 1. The van der Waals surface area contributed by atoms with Gasteiger partial charge in [-0.25, -0.2) is 9.97 Å². The highest BCUT2D eigenvalue weighted by Gasteiger charge is 2.22. The summed E-state index contributed by atoms with van der Waals surface area (Å²) in [7, 11) is 0. The Hall–Kier alpha value is -4.43. The molecule has 0 unspecified atom stereocenters. The summed E-state index contributed by atoms with van der Waals surface area (Å²) in [6, 6.07) is 9.55. The van der Waals surface area contributed by atoms with Gasteiger partial charge in [-0.2, -0.15) is 15.2 Å². The highest BCUT2D eigenvalue weighted by atomic mass is 35.5. The number of nitrogens with two attached hydrogens (primary N) is 3. The topological polar surface area (TPSA) is 187 Å². The van der Waals surface area contributed by atoms with E-state index in [1.807, 2.05) is 6.07 Å². The molecule has 1 atom stereocenters. The molecular weight excluding hydrogens is 432 g/mol. The van der Waals surface area contributed by atoms with Crippen molar-refractivity contribution in [3.8, 4) is 11.8 Å². The van der Waals surface area contributed by atoms with Gasteiger partial charge in [0, 0.05) is 0 Å². The van der Waals surface area contributed by atoms with E-state index in [0.29, 0.717) is 22.8 Å². The maximum atomic E-state index is 13.5. The lowest BCUT2D eigenvalue weighted by atomic mass is 10.2. The maximum absolute atomic E-state index is 13.5. The Morgan fingerprint density at radius 2 is 1.94 bits per heavy atom. The SMILES string of the molecule is C[C@H](Nc1nc(N)nc(N)c1C#N)c1nc2cccc(Cl)c2c(=O)n1-c1ccc(N)nc1. The first-order valence-corrected chi connectivity index (χ1v) is 9.70. The molecule has 0 radical (unpaired) electrons. The van der Waals surface area contributed by atoms with Crippen LogP contribution < -0.4 is 28.1 Å². The van der Waals surface area contributed by atoms with Gasteiger partial charge in [-0.15, -0.1) is 0 Å². The van der Waals surface area contributed by atoms with Crippen molar-refractivity contribution >= 4 is 45.9 Å². The number of nitrogens with zero attached hydrogens (tertiary/aromatic N) is 6. The molecule has 0 aliphatic rings. The predicted octanol–water partition coefficient (Wildman–Crippen LogP) is 2.02. The van der Waals surface area contributed by atoms with Crippen LogP contribution >= 0.6 is 11.6 Å². The lowest BCUT2D eigenvalue weighted by Gasteiger charge is -2.21. The summed E-state index contributed by atoms with van der Waals surface area (Å²) in [5.41, 5.74) is 17.7. The number of anilines is 4. The molecule has 160 valence electrons. The van der Waals surface area contributed by atoms with E-state index >= 15 is 0 Å². The highest BCUT2D eigenvalue weighted by molar-refractivity contribution is 6.35. The summed E-state index contributed by atoms with van der Waals surface area (Å²) in [6.07, 6.45) is 1.46. The summed E-state index contributed by atoms with van der Waals surface area (Å²) in [5, 5.41) is 13.0.